The SMILES string of the molecule is CC(CN)CC(=O)Nc1ccc(Br)cc1C(=O)O. The van der Waals surface area contributed by atoms with Crippen molar-refractivity contribution in [3.8, 4) is 0 Å². The second-order valence-corrected chi connectivity index (χ2v) is 5.00. The molecule has 0 aromatic heterocycles. The molecule has 0 aliphatic rings. The fourth-order valence-corrected chi connectivity index (χ4v) is 1.76. The van der Waals surface area contributed by atoms with E-state index in [4.69, 9.17) is 10.8 Å². The lowest BCUT2D eigenvalue weighted by Gasteiger charge is -2.11. The Labute approximate surface area is 113 Å². The molecule has 1 aromatic carbocycles. The van der Waals surface area contributed by atoms with Gasteiger partial charge in [0.15, 0.2) is 0 Å². The van der Waals surface area contributed by atoms with Crippen molar-refractivity contribution < 1.29 is 14.7 Å². The van der Waals surface area contributed by atoms with Gasteiger partial charge in [0.1, 0.15) is 0 Å². The molecule has 0 spiro atoms. The molecule has 0 fully saturated rings. The number of nitrogens with one attached hydrogen (secondary N) is 1. The van der Waals surface area contributed by atoms with Crippen LogP contribution in [0.25, 0.3) is 0 Å². The zero-order chi connectivity index (χ0) is 13.7. The Bertz CT molecular complexity index is 463. The first-order chi connectivity index (χ1) is 8.43. The summed E-state index contributed by atoms with van der Waals surface area (Å²) in [5.41, 5.74) is 5.78. The number of carboxylic acid groups (broad SMARTS) is 1. The molecule has 1 amide bonds. The molecule has 1 atom stereocenters. The van der Waals surface area contributed by atoms with Gasteiger partial charge in [-0.05, 0) is 30.7 Å². The number of anilines is 1. The number of benzene rings is 1. The Morgan fingerprint density at radius 2 is 2.17 bits per heavy atom. The summed E-state index contributed by atoms with van der Waals surface area (Å²) in [5, 5.41) is 11.6. The molecule has 1 unspecified atom stereocenters. The van der Waals surface area contributed by atoms with Crippen molar-refractivity contribution in [2.75, 3.05) is 11.9 Å². The topological polar surface area (TPSA) is 92.4 Å². The molecule has 0 radical (unpaired) electrons. The summed E-state index contributed by atoms with van der Waals surface area (Å²) >= 11 is 3.19. The summed E-state index contributed by atoms with van der Waals surface area (Å²) in [5.74, 6) is -1.26. The van der Waals surface area contributed by atoms with Crippen molar-refractivity contribution in [3.05, 3.63) is 28.2 Å². The molecular formula is C12H15BrN2O3. The van der Waals surface area contributed by atoms with E-state index in [0.717, 1.165) is 0 Å². The summed E-state index contributed by atoms with van der Waals surface area (Å²) in [6, 6.07) is 4.68. The fourth-order valence-electron chi connectivity index (χ4n) is 1.40. The third-order valence-electron chi connectivity index (χ3n) is 2.42. The number of carboxylic acids is 1. The highest BCUT2D eigenvalue weighted by Crippen LogP contribution is 2.21. The minimum absolute atomic E-state index is 0.0538. The Morgan fingerprint density at radius 3 is 2.72 bits per heavy atom. The van der Waals surface area contributed by atoms with Crippen LogP contribution in [-0.4, -0.2) is 23.5 Å². The van der Waals surface area contributed by atoms with Gasteiger partial charge in [0.25, 0.3) is 0 Å². The average molecular weight is 315 g/mol. The maximum absolute atomic E-state index is 11.7. The minimum Gasteiger partial charge on any atom is -0.478 e. The van der Waals surface area contributed by atoms with Crippen LogP contribution in [0.2, 0.25) is 0 Å². The second kappa shape index (κ2) is 6.51. The molecule has 0 bridgehead atoms. The van der Waals surface area contributed by atoms with Gasteiger partial charge in [-0.1, -0.05) is 22.9 Å². The normalized spacial score (nSPS) is 11.9. The van der Waals surface area contributed by atoms with Crippen LogP contribution >= 0.6 is 15.9 Å². The molecule has 5 nitrogen and oxygen atoms in total. The third-order valence-corrected chi connectivity index (χ3v) is 2.92. The molecular weight excluding hydrogens is 300 g/mol. The molecule has 1 aromatic rings. The van der Waals surface area contributed by atoms with Crippen LogP contribution in [-0.2, 0) is 4.79 Å². The zero-order valence-corrected chi connectivity index (χ0v) is 11.5. The maximum Gasteiger partial charge on any atom is 0.337 e. The van der Waals surface area contributed by atoms with Crippen LogP contribution in [0.1, 0.15) is 23.7 Å². The van der Waals surface area contributed by atoms with Gasteiger partial charge in [-0.3, -0.25) is 4.79 Å². The molecule has 0 aliphatic heterocycles. The summed E-state index contributed by atoms with van der Waals surface area (Å²) in [7, 11) is 0. The number of hydrogen-bond acceptors (Lipinski definition) is 3. The van der Waals surface area contributed by atoms with Crippen LogP contribution in [0, 0.1) is 5.92 Å². The Hall–Kier alpha value is -1.40. The van der Waals surface area contributed by atoms with Gasteiger partial charge in [0.2, 0.25) is 5.91 Å². The van der Waals surface area contributed by atoms with E-state index in [0.29, 0.717) is 16.7 Å². The van der Waals surface area contributed by atoms with Crippen LogP contribution in [0.5, 0.6) is 0 Å². The van der Waals surface area contributed by atoms with Crippen molar-refractivity contribution in [1.29, 1.82) is 0 Å². The van der Waals surface area contributed by atoms with Gasteiger partial charge in [-0.2, -0.15) is 0 Å². The predicted molar refractivity (Wildman–Crippen MR) is 72.6 cm³/mol. The van der Waals surface area contributed by atoms with Crippen LogP contribution in [0.15, 0.2) is 22.7 Å². The maximum atomic E-state index is 11.7. The molecule has 18 heavy (non-hydrogen) atoms. The van der Waals surface area contributed by atoms with E-state index in [-0.39, 0.29) is 23.8 Å². The van der Waals surface area contributed by atoms with Crippen LogP contribution < -0.4 is 11.1 Å². The number of rotatable bonds is 5. The van der Waals surface area contributed by atoms with Crippen molar-refractivity contribution in [1.82, 2.24) is 0 Å². The van der Waals surface area contributed by atoms with Gasteiger partial charge in [0.05, 0.1) is 11.3 Å². The first kappa shape index (κ1) is 14.7. The van der Waals surface area contributed by atoms with Crippen LogP contribution in [0.3, 0.4) is 0 Å². The van der Waals surface area contributed by atoms with E-state index in [2.05, 4.69) is 21.2 Å². The monoisotopic (exact) mass is 314 g/mol. The highest BCUT2D eigenvalue weighted by Gasteiger charge is 2.14. The zero-order valence-electron chi connectivity index (χ0n) is 9.94. The molecule has 0 heterocycles. The number of hydrogen-bond donors (Lipinski definition) is 3. The lowest BCUT2D eigenvalue weighted by Crippen LogP contribution is -2.21. The van der Waals surface area contributed by atoms with Gasteiger partial charge in [-0.25, -0.2) is 4.79 Å². The molecule has 0 saturated carbocycles. The van der Waals surface area contributed by atoms with E-state index in [1.165, 1.54) is 6.07 Å². The molecule has 4 N–H and O–H groups in total. The third kappa shape index (κ3) is 4.12. The molecule has 1 rings (SSSR count). The summed E-state index contributed by atoms with van der Waals surface area (Å²) < 4.78 is 0.647. The van der Waals surface area contributed by atoms with E-state index >= 15 is 0 Å². The lowest BCUT2D eigenvalue weighted by molar-refractivity contribution is -0.116. The number of aromatic carboxylic acids is 1. The first-order valence-electron chi connectivity index (χ1n) is 5.46. The van der Waals surface area contributed by atoms with Crippen molar-refractivity contribution in [3.63, 3.8) is 0 Å². The minimum atomic E-state index is -1.08. The van der Waals surface area contributed by atoms with E-state index in [1.807, 2.05) is 6.92 Å². The first-order valence-corrected chi connectivity index (χ1v) is 6.26. The van der Waals surface area contributed by atoms with Crippen LogP contribution in [0.4, 0.5) is 5.69 Å². The summed E-state index contributed by atoms with van der Waals surface area (Å²) in [4.78, 5) is 22.7. The number of carbonyl (C=O) groups excluding carboxylic acids is 1. The Kier molecular flexibility index (Phi) is 5.30. The Morgan fingerprint density at radius 1 is 1.50 bits per heavy atom. The highest BCUT2D eigenvalue weighted by molar-refractivity contribution is 9.10. The van der Waals surface area contributed by atoms with E-state index in [1.54, 1.807) is 12.1 Å². The van der Waals surface area contributed by atoms with E-state index < -0.39 is 5.97 Å². The smallest absolute Gasteiger partial charge is 0.337 e. The van der Waals surface area contributed by atoms with Crippen molar-refractivity contribution in [2.24, 2.45) is 11.7 Å². The van der Waals surface area contributed by atoms with Gasteiger partial charge >= 0.3 is 5.97 Å². The standard InChI is InChI=1S/C12H15BrN2O3/c1-7(6-14)4-11(16)15-10-3-2-8(13)5-9(10)12(17)18/h2-3,5,7H,4,6,14H2,1H3,(H,15,16)(H,17,18). The molecule has 0 aliphatic carbocycles. The summed E-state index contributed by atoms with van der Waals surface area (Å²) in [6.07, 6.45) is 0.269. The van der Waals surface area contributed by atoms with E-state index in [9.17, 15) is 9.59 Å². The summed E-state index contributed by atoms with van der Waals surface area (Å²) in [6.45, 7) is 2.28. The quantitative estimate of drug-likeness (QED) is 0.775. The molecule has 6 heteroatoms. The average Bonchev–Trinajstić information content (AvgIpc) is 2.30. The number of halogens is 1. The Balaban J connectivity index is 2.84. The lowest BCUT2D eigenvalue weighted by atomic mass is 10.1. The molecule has 0 saturated heterocycles. The van der Waals surface area contributed by atoms with Crippen molar-refractivity contribution in [2.45, 2.75) is 13.3 Å². The highest BCUT2D eigenvalue weighted by atomic mass is 79.9. The number of carbonyl (C=O) groups is 2. The van der Waals surface area contributed by atoms with Gasteiger partial charge < -0.3 is 16.2 Å². The number of amides is 1. The van der Waals surface area contributed by atoms with Gasteiger partial charge in [-0.15, -0.1) is 0 Å². The molecule has 98 valence electrons. The predicted octanol–water partition coefficient (Wildman–Crippen LogP) is 2.07. The van der Waals surface area contributed by atoms with Crippen molar-refractivity contribution >= 4 is 33.5 Å². The largest absolute Gasteiger partial charge is 0.478 e. The fraction of sp³-hybridized carbons (Fsp3) is 0.333. The van der Waals surface area contributed by atoms with Gasteiger partial charge in [0, 0.05) is 10.9 Å². The number of nitrogens with two attached hydrogens (primary N) is 1. The second-order valence-electron chi connectivity index (χ2n) is 4.09.